The molecule has 3 unspecified atom stereocenters. The SMILES string of the molecule is CCCCCCCC1COC(C2CCC(C(=O)OC3CCC(CCC)CC3)CC2)OC1C. The first kappa shape index (κ1) is 26.0. The molecule has 0 bridgehead atoms. The molecule has 4 heteroatoms. The standard InChI is InChI=1S/C28H50O4/c1-4-6-7-8-9-11-25-20-30-28(31-21(25)3)24-16-14-23(15-17-24)27(29)32-26-18-12-22(10-5-2)13-19-26/h21-26,28H,4-20H2,1-3H3. The van der Waals surface area contributed by atoms with Crippen LogP contribution in [0, 0.1) is 23.7 Å². The Morgan fingerprint density at radius 2 is 1.56 bits per heavy atom. The first-order valence-corrected chi connectivity index (χ1v) is 14.1. The molecule has 0 amide bonds. The van der Waals surface area contributed by atoms with Crippen molar-refractivity contribution in [3.63, 3.8) is 0 Å². The quantitative estimate of drug-likeness (QED) is 0.242. The van der Waals surface area contributed by atoms with E-state index < -0.39 is 0 Å². The van der Waals surface area contributed by atoms with E-state index >= 15 is 0 Å². The summed E-state index contributed by atoms with van der Waals surface area (Å²) in [7, 11) is 0. The van der Waals surface area contributed by atoms with Gasteiger partial charge in [0.05, 0.1) is 18.6 Å². The molecular weight excluding hydrogens is 400 g/mol. The third-order valence-electron chi connectivity index (χ3n) is 8.43. The summed E-state index contributed by atoms with van der Waals surface area (Å²) in [6, 6.07) is 0. The van der Waals surface area contributed by atoms with Crippen molar-refractivity contribution < 1.29 is 19.0 Å². The first-order valence-electron chi connectivity index (χ1n) is 14.1. The van der Waals surface area contributed by atoms with Crippen molar-refractivity contribution in [2.75, 3.05) is 6.61 Å². The molecule has 0 radical (unpaired) electrons. The van der Waals surface area contributed by atoms with Gasteiger partial charge in [-0.1, -0.05) is 58.8 Å². The van der Waals surface area contributed by atoms with Gasteiger partial charge in [0.25, 0.3) is 0 Å². The average Bonchev–Trinajstić information content (AvgIpc) is 2.81. The molecule has 3 rings (SSSR count). The van der Waals surface area contributed by atoms with E-state index in [4.69, 9.17) is 14.2 Å². The average molecular weight is 451 g/mol. The molecule has 0 spiro atoms. The van der Waals surface area contributed by atoms with Crippen LogP contribution in [-0.2, 0) is 19.0 Å². The van der Waals surface area contributed by atoms with Crippen LogP contribution in [0.5, 0.6) is 0 Å². The molecule has 0 aromatic heterocycles. The van der Waals surface area contributed by atoms with Crippen molar-refractivity contribution in [3.8, 4) is 0 Å². The molecule has 1 heterocycles. The number of carbonyl (C=O) groups is 1. The first-order chi connectivity index (χ1) is 15.6. The smallest absolute Gasteiger partial charge is 0.309 e. The van der Waals surface area contributed by atoms with E-state index in [2.05, 4.69) is 20.8 Å². The number of hydrogen-bond donors (Lipinski definition) is 0. The minimum Gasteiger partial charge on any atom is -0.462 e. The van der Waals surface area contributed by atoms with E-state index in [-0.39, 0.29) is 30.4 Å². The molecule has 1 saturated heterocycles. The minimum absolute atomic E-state index is 0.0596. The highest BCUT2D eigenvalue weighted by Gasteiger charge is 2.37. The molecule has 2 aliphatic carbocycles. The van der Waals surface area contributed by atoms with Gasteiger partial charge in [0, 0.05) is 11.8 Å². The topological polar surface area (TPSA) is 44.8 Å². The molecule has 1 aliphatic heterocycles. The number of carbonyl (C=O) groups excluding carboxylic acids is 1. The Hall–Kier alpha value is -0.610. The molecular formula is C28H50O4. The minimum atomic E-state index is -0.0767. The van der Waals surface area contributed by atoms with Gasteiger partial charge in [0.1, 0.15) is 6.10 Å². The number of unbranched alkanes of at least 4 members (excludes halogenated alkanes) is 4. The number of esters is 1. The molecule has 2 saturated carbocycles. The summed E-state index contributed by atoms with van der Waals surface area (Å²) in [5, 5.41) is 0. The van der Waals surface area contributed by atoms with E-state index in [1.54, 1.807) is 0 Å². The van der Waals surface area contributed by atoms with Gasteiger partial charge < -0.3 is 14.2 Å². The maximum atomic E-state index is 12.7. The molecule has 0 aromatic carbocycles. The van der Waals surface area contributed by atoms with Crippen LogP contribution in [0.2, 0.25) is 0 Å². The fourth-order valence-corrected chi connectivity index (χ4v) is 6.13. The Morgan fingerprint density at radius 1 is 0.844 bits per heavy atom. The lowest BCUT2D eigenvalue weighted by Crippen LogP contribution is -2.43. The molecule has 4 nitrogen and oxygen atoms in total. The number of ether oxygens (including phenoxy) is 3. The van der Waals surface area contributed by atoms with Gasteiger partial charge >= 0.3 is 5.97 Å². The monoisotopic (exact) mass is 450 g/mol. The van der Waals surface area contributed by atoms with Gasteiger partial charge in [-0.3, -0.25) is 4.79 Å². The van der Waals surface area contributed by atoms with Crippen LogP contribution in [-0.4, -0.2) is 31.1 Å². The summed E-state index contributed by atoms with van der Waals surface area (Å²) in [6.07, 6.45) is 19.3. The predicted molar refractivity (Wildman–Crippen MR) is 129 cm³/mol. The lowest BCUT2D eigenvalue weighted by Gasteiger charge is -2.40. The normalized spacial score (nSPS) is 36.0. The van der Waals surface area contributed by atoms with Crippen LogP contribution in [0.4, 0.5) is 0 Å². The highest BCUT2D eigenvalue weighted by molar-refractivity contribution is 5.72. The summed E-state index contributed by atoms with van der Waals surface area (Å²) < 4.78 is 18.4. The van der Waals surface area contributed by atoms with E-state index in [1.807, 2.05) is 0 Å². The van der Waals surface area contributed by atoms with Crippen molar-refractivity contribution in [3.05, 3.63) is 0 Å². The van der Waals surface area contributed by atoms with Crippen LogP contribution in [0.3, 0.4) is 0 Å². The summed E-state index contributed by atoms with van der Waals surface area (Å²) in [5.41, 5.74) is 0. The fourth-order valence-electron chi connectivity index (χ4n) is 6.13. The maximum absolute atomic E-state index is 12.7. The lowest BCUT2D eigenvalue weighted by molar-refractivity contribution is -0.257. The highest BCUT2D eigenvalue weighted by Crippen LogP contribution is 2.37. The molecule has 186 valence electrons. The second-order valence-electron chi connectivity index (χ2n) is 11.0. The van der Waals surface area contributed by atoms with Gasteiger partial charge in [-0.05, 0) is 70.6 Å². The van der Waals surface area contributed by atoms with E-state index in [9.17, 15) is 4.79 Å². The zero-order valence-corrected chi connectivity index (χ0v) is 21.2. The van der Waals surface area contributed by atoms with Crippen molar-refractivity contribution in [2.24, 2.45) is 23.7 Å². The van der Waals surface area contributed by atoms with Crippen LogP contribution < -0.4 is 0 Å². The lowest BCUT2D eigenvalue weighted by atomic mass is 9.81. The molecule has 0 N–H and O–H groups in total. The van der Waals surface area contributed by atoms with Gasteiger partial charge in [-0.15, -0.1) is 0 Å². The van der Waals surface area contributed by atoms with Crippen LogP contribution in [0.1, 0.15) is 124 Å². The van der Waals surface area contributed by atoms with Gasteiger partial charge in [0.15, 0.2) is 6.29 Å². The van der Waals surface area contributed by atoms with Crippen molar-refractivity contribution in [1.29, 1.82) is 0 Å². The summed E-state index contributed by atoms with van der Waals surface area (Å²) in [4.78, 5) is 12.7. The van der Waals surface area contributed by atoms with Crippen molar-refractivity contribution in [1.82, 2.24) is 0 Å². The third kappa shape index (κ3) is 8.01. The highest BCUT2D eigenvalue weighted by atomic mass is 16.7. The van der Waals surface area contributed by atoms with Crippen LogP contribution in [0.15, 0.2) is 0 Å². The van der Waals surface area contributed by atoms with E-state index in [0.29, 0.717) is 11.8 Å². The van der Waals surface area contributed by atoms with Crippen molar-refractivity contribution in [2.45, 2.75) is 142 Å². The van der Waals surface area contributed by atoms with Crippen LogP contribution >= 0.6 is 0 Å². The molecule has 3 aliphatic rings. The van der Waals surface area contributed by atoms with Crippen LogP contribution in [0.25, 0.3) is 0 Å². The molecule has 0 aromatic rings. The Kier molecular flexibility index (Phi) is 11.3. The predicted octanol–water partition coefficient (Wildman–Crippen LogP) is 7.43. The Bertz CT molecular complexity index is 520. The zero-order chi connectivity index (χ0) is 22.8. The van der Waals surface area contributed by atoms with Gasteiger partial charge in [-0.2, -0.15) is 0 Å². The third-order valence-corrected chi connectivity index (χ3v) is 8.43. The molecule has 3 atom stereocenters. The number of hydrogen-bond acceptors (Lipinski definition) is 4. The molecule has 32 heavy (non-hydrogen) atoms. The van der Waals surface area contributed by atoms with Gasteiger partial charge in [-0.25, -0.2) is 0 Å². The molecule has 3 fully saturated rings. The fraction of sp³-hybridized carbons (Fsp3) is 0.964. The number of rotatable bonds is 11. The maximum Gasteiger partial charge on any atom is 0.309 e. The largest absolute Gasteiger partial charge is 0.462 e. The van der Waals surface area contributed by atoms with E-state index in [0.717, 1.165) is 51.0 Å². The second kappa shape index (κ2) is 13.9. The Labute approximate surface area is 197 Å². The zero-order valence-electron chi connectivity index (χ0n) is 21.2. The Balaban J connectivity index is 1.31. The Morgan fingerprint density at radius 3 is 2.22 bits per heavy atom. The summed E-state index contributed by atoms with van der Waals surface area (Å²) >= 11 is 0. The summed E-state index contributed by atoms with van der Waals surface area (Å²) in [6.45, 7) is 7.59. The van der Waals surface area contributed by atoms with Crippen molar-refractivity contribution >= 4 is 5.97 Å². The van der Waals surface area contributed by atoms with E-state index in [1.165, 1.54) is 64.2 Å². The van der Waals surface area contributed by atoms with Gasteiger partial charge in [0.2, 0.25) is 0 Å². The second-order valence-corrected chi connectivity index (χ2v) is 11.0. The summed E-state index contributed by atoms with van der Waals surface area (Å²) in [5.74, 6) is 1.95.